The van der Waals surface area contributed by atoms with Gasteiger partial charge in [0.2, 0.25) is 0 Å². The van der Waals surface area contributed by atoms with Crippen molar-refractivity contribution in [1.82, 2.24) is 0 Å². The maximum atomic E-state index is 5.74. The van der Waals surface area contributed by atoms with Gasteiger partial charge < -0.3 is 0 Å². The van der Waals surface area contributed by atoms with Crippen LogP contribution in [0.4, 0.5) is 0 Å². The Morgan fingerprint density at radius 1 is 1.00 bits per heavy atom. The van der Waals surface area contributed by atoms with Gasteiger partial charge in [0.15, 0.2) is 0 Å². The highest BCUT2D eigenvalue weighted by Crippen LogP contribution is 2.10. The molecule has 0 atom stereocenters. The van der Waals surface area contributed by atoms with Gasteiger partial charge in [0, 0.05) is 11.8 Å². The second-order valence-electron chi connectivity index (χ2n) is 3.10. The molecule has 0 unspecified atom stereocenters. The lowest BCUT2D eigenvalue weighted by atomic mass is 10.1. The first-order valence-corrected chi connectivity index (χ1v) is 5.63. The molecule has 0 aliphatic carbocycles. The Kier molecular flexibility index (Phi) is 5.26. The zero-order chi connectivity index (χ0) is 9.52. The second-order valence-corrected chi connectivity index (χ2v) is 3.74. The Morgan fingerprint density at radius 2 is 1.77 bits per heavy atom. The Morgan fingerprint density at radius 3 is 2.46 bits per heavy atom. The van der Waals surface area contributed by atoms with Crippen molar-refractivity contribution in [3.8, 4) is 0 Å². The van der Waals surface area contributed by atoms with E-state index in [9.17, 15) is 0 Å². The molecule has 2 heteroatoms. The van der Waals surface area contributed by atoms with Crippen LogP contribution >= 0.6 is 23.2 Å². The summed E-state index contributed by atoms with van der Waals surface area (Å²) >= 11 is 11.3. The van der Waals surface area contributed by atoms with E-state index >= 15 is 0 Å². The lowest BCUT2D eigenvalue weighted by Crippen LogP contribution is -1.88. The van der Waals surface area contributed by atoms with E-state index in [-0.39, 0.29) is 0 Å². The predicted molar refractivity (Wildman–Crippen MR) is 59.7 cm³/mol. The van der Waals surface area contributed by atoms with Crippen molar-refractivity contribution in [3.63, 3.8) is 0 Å². The van der Waals surface area contributed by atoms with E-state index in [4.69, 9.17) is 23.2 Å². The molecular weight excluding hydrogens is 203 g/mol. The summed E-state index contributed by atoms with van der Waals surface area (Å²) < 4.78 is 0. The molecule has 1 aromatic carbocycles. The lowest BCUT2D eigenvalue weighted by molar-refractivity contribution is 0.799. The number of aryl methyl sites for hydroxylation is 1. The van der Waals surface area contributed by atoms with E-state index < -0.39 is 0 Å². The molecule has 0 radical (unpaired) electrons. The number of rotatable bonds is 5. The van der Waals surface area contributed by atoms with Gasteiger partial charge in [0.05, 0.1) is 0 Å². The SMILES string of the molecule is ClCCCCc1cccc(CCl)c1. The summed E-state index contributed by atoms with van der Waals surface area (Å²) in [6.07, 6.45) is 3.36. The van der Waals surface area contributed by atoms with Crippen LogP contribution < -0.4 is 0 Å². The Bertz CT molecular complexity index is 246. The molecule has 0 bridgehead atoms. The van der Waals surface area contributed by atoms with Gasteiger partial charge in [-0.3, -0.25) is 0 Å². The Labute approximate surface area is 89.9 Å². The summed E-state index contributed by atoms with van der Waals surface area (Å²) in [5.41, 5.74) is 2.56. The summed E-state index contributed by atoms with van der Waals surface area (Å²) in [7, 11) is 0. The molecular formula is C11H14Cl2. The van der Waals surface area contributed by atoms with Crippen molar-refractivity contribution in [2.24, 2.45) is 0 Å². The van der Waals surface area contributed by atoms with Gasteiger partial charge in [-0.2, -0.15) is 0 Å². The van der Waals surface area contributed by atoms with Crippen molar-refractivity contribution >= 4 is 23.2 Å². The van der Waals surface area contributed by atoms with Gasteiger partial charge in [-0.25, -0.2) is 0 Å². The Balaban J connectivity index is 2.46. The largest absolute Gasteiger partial charge is 0.127 e. The summed E-state index contributed by atoms with van der Waals surface area (Å²) in [6.45, 7) is 0. The third-order valence-corrected chi connectivity index (χ3v) is 2.57. The van der Waals surface area contributed by atoms with Crippen molar-refractivity contribution in [3.05, 3.63) is 35.4 Å². The fourth-order valence-corrected chi connectivity index (χ4v) is 1.65. The third kappa shape index (κ3) is 4.02. The molecule has 72 valence electrons. The third-order valence-electron chi connectivity index (χ3n) is 1.99. The quantitative estimate of drug-likeness (QED) is 0.516. The zero-order valence-electron chi connectivity index (χ0n) is 7.60. The van der Waals surface area contributed by atoms with Gasteiger partial charge in [-0.05, 0) is 30.4 Å². The average Bonchev–Trinajstić information content (AvgIpc) is 2.19. The zero-order valence-corrected chi connectivity index (χ0v) is 9.11. The first-order chi connectivity index (χ1) is 6.36. The highest BCUT2D eigenvalue weighted by atomic mass is 35.5. The second kappa shape index (κ2) is 6.28. The molecule has 0 nitrogen and oxygen atoms in total. The van der Waals surface area contributed by atoms with Crippen LogP contribution in [0.15, 0.2) is 24.3 Å². The average molecular weight is 217 g/mol. The summed E-state index contributed by atoms with van der Waals surface area (Å²) in [5.74, 6) is 1.36. The number of benzene rings is 1. The standard InChI is InChI=1S/C11H14Cl2/c12-7-2-1-4-10-5-3-6-11(8-10)9-13/h3,5-6,8H,1-2,4,7,9H2. The molecule has 0 aliphatic rings. The van der Waals surface area contributed by atoms with Gasteiger partial charge in [0.1, 0.15) is 0 Å². The van der Waals surface area contributed by atoms with Gasteiger partial charge in [0.25, 0.3) is 0 Å². The molecule has 0 saturated heterocycles. The number of alkyl halides is 2. The van der Waals surface area contributed by atoms with Crippen molar-refractivity contribution in [2.75, 3.05) is 5.88 Å². The minimum Gasteiger partial charge on any atom is -0.127 e. The molecule has 0 saturated carbocycles. The molecule has 1 rings (SSSR count). The van der Waals surface area contributed by atoms with Crippen LogP contribution in [-0.4, -0.2) is 5.88 Å². The van der Waals surface area contributed by atoms with Crippen molar-refractivity contribution in [1.29, 1.82) is 0 Å². The fourth-order valence-electron chi connectivity index (χ4n) is 1.29. The van der Waals surface area contributed by atoms with Crippen LogP contribution in [0.5, 0.6) is 0 Å². The van der Waals surface area contributed by atoms with Crippen molar-refractivity contribution < 1.29 is 0 Å². The number of hydrogen-bond acceptors (Lipinski definition) is 0. The summed E-state index contributed by atoms with van der Waals surface area (Å²) in [4.78, 5) is 0. The van der Waals surface area contributed by atoms with Gasteiger partial charge in [-0.15, -0.1) is 23.2 Å². The number of halogens is 2. The first-order valence-electron chi connectivity index (χ1n) is 4.56. The minimum atomic E-state index is 0.601. The normalized spacial score (nSPS) is 10.3. The maximum absolute atomic E-state index is 5.74. The molecule has 0 aliphatic heterocycles. The maximum Gasteiger partial charge on any atom is 0.0474 e. The summed E-state index contributed by atoms with van der Waals surface area (Å²) in [6, 6.07) is 8.43. The molecule has 0 fully saturated rings. The Hall–Kier alpha value is -0.200. The van der Waals surface area contributed by atoms with E-state index in [1.54, 1.807) is 0 Å². The number of hydrogen-bond donors (Lipinski definition) is 0. The highest BCUT2D eigenvalue weighted by molar-refractivity contribution is 6.17. The summed E-state index contributed by atoms with van der Waals surface area (Å²) in [5, 5.41) is 0. The molecule has 0 N–H and O–H groups in total. The molecule has 13 heavy (non-hydrogen) atoms. The lowest BCUT2D eigenvalue weighted by Gasteiger charge is -2.01. The molecule has 0 amide bonds. The first kappa shape index (κ1) is 10.9. The van der Waals surface area contributed by atoms with E-state index in [1.165, 1.54) is 11.1 Å². The molecule has 1 aromatic rings. The van der Waals surface area contributed by atoms with E-state index in [0.29, 0.717) is 5.88 Å². The number of unbranched alkanes of at least 4 members (excludes halogenated alkanes) is 1. The fraction of sp³-hybridized carbons (Fsp3) is 0.455. The highest BCUT2D eigenvalue weighted by Gasteiger charge is 1.94. The minimum absolute atomic E-state index is 0.601. The molecule has 0 spiro atoms. The topological polar surface area (TPSA) is 0 Å². The van der Waals surface area contributed by atoms with Crippen LogP contribution in [0.2, 0.25) is 0 Å². The predicted octanol–water partition coefficient (Wildman–Crippen LogP) is 3.99. The molecule has 0 heterocycles. The smallest absolute Gasteiger partial charge is 0.0474 e. The van der Waals surface area contributed by atoms with Crippen molar-refractivity contribution in [2.45, 2.75) is 25.1 Å². The van der Waals surface area contributed by atoms with E-state index in [2.05, 4.69) is 24.3 Å². The van der Waals surface area contributed by atoms with Crippen LogP contribution in [0, 0.1) is 0 Å². The van der Waals surface area contributed by atoms with E-state index in [0.717, 1.165) is 25.1 Å². The van der Waals surface area contributed by atoms with E-state index in [1.807, 2.05) is 0 Å². The monoisotopic (exact) mass is 216 g/mol. The van der Waals surface area contributed by atoms with Crippen LogP contribution in [0.3, 0.4) is 0 Å². The molecule has 0 aromatic heterocycles. The van der Waals surface area contributed by atoms with Gasteiger partial charge in [-0.1, -0.05) is 24.3 Å². The van der Waals surface area contributed by atoms with Gasteiger partial charge >= 0.3 is 0 Å². The van der Waals surface area contributed by atoms with Crippen LogP contribution in [-0.2, 0) is 12.3 Å². The van der Waals surface area contributed by atoms with Crippen LogP contribution in [0.1, 0.15) is 24.0 Å². The van der Waals surface area contributed by atoms with Crippen LogP contribution in [0.25, 0.3) is 0 Å².